The number of hydrogen-bond donors (Lipinski definition) is 1. The molecule has 0 fully saturated rings. The zero-order chi connectivity index (χ0) is 12.5. The van der Waals surface area contributed by atoms with Crippen molar-refractivity contribution in [3.8, 4) is 0 Å². The van der Waals surface area contributed by atoms with Crippen LogP contribution in [0.2, 0.25) is 0 Å². The average Bonchev–Trinajstić information content (AvgIpc) is 3.00. The number of thiazole rings is 1. The van der Waals surface area contributed by atoms with Crippen LogP contribution in [0, 0.1) is 0 Å². The molecule has 1 N–H and O–H groups in total. The number of thioether (sulfide) groups is 1. The first-order chi connectivity index (χ1) is 8.78. The molecule has 94 valence electrons. The van der Waals surface area contributed by atoms with Crippen molar-refractivity contribution < 1.29 is 5.11 Å². The number of imidazole rings is 2. The minimum atomic E-state index is 0.0181. The molecule has 0 saturated carbocycles. The Morgan fingerprint density at radius 1 is 1.50 bits per heavy atom. The van der Waals surface area contributed by atoms with Gasteiger partial charge in [0.15, 0.2) is 10.1 Å². The van der Waals surface area contributed by atoms with Gasteiger partial charge in [-0.1, -0.05) is 11.8 Å². The maximum atomic E-state index is 9.10. The van der Waals surface area contributed by atoms with E-state index in [-0.39, 0.29) is 6.61 Å². The van der Waals surface area contributed by atoms with Crippen molar-refractivity contribution in [2.75, 3.05) is 0 Å². The highest BCUT2D eigenvalue weighted by Crippen LogP contribution is 2.22. The Morgan fingerprint density at radius 2 is 2.39 bits per heavy atom. The molecule has 3 aromatic heterocycles. The number of nitrogens with zero attached hydrogens (tertiary/aromatic N) is 4. The molecule has 3 heterocycles. The van der Waals surface area contributed by atoms with E-state index in [1.54, 1.807) is 29.3 Å². The van der Waals surface area contributed by atoms with Crippen LogP contribution in [0.1, 0.15) is 11.4 Å². The highest BCUT2D eigenvalue weighted by atomic mass is 32.2. The van der Waals surface area contributed by atoms with Crippen LogP contribution < -0.4 is 0 Å². The first kappa shape index (κ1) is 11.8. The van der Waals surface area contributed by atoms with Gasteiger partial charge in [-0.05, 0) is 0 Å². The van der Waals surface area contributed by atoms with Crippen LogP contribution in [0.4, 0.5) is 0 Å². The summed E-state index contributed by atoms with van der Waals surface area (Å²) in [6, 6.07) is 0. The Hall–Kier alpha value is -1.31. The van der Waals surface area contributed by atoms with Crippen LogP contribution in [-0.4, -0.2) is 24.0 Å². The fourth-order valence-corrected chi connectivity index (χ4v) is 3.26. The quantitative estimate of drug-likeness (QED) is 0.742. The molecule has 0 aliphatic carbocycles. The Kier molecular flexibility index (Phi) is 3.11. The normalized spacial score (nSPS) is 11.4. The van der Waals surface area contributed by atoms with E-state index in [0.29, 0.717) is 0 Å². The molecule has 0 amide bonds. The molecular formula is C11H12N4OS2. The molecule has 0 spiro atoms. The minimum Gasteiger partial charge on any atom is -0.390 e. The monoisotopic (exact) mass is 280 g/mol. The van der Waals surface area contributed by atoms with Gasteiger partial charge in [-0.2, -0.15) is 0 Å². The number of aliphatic hydroxyl groups excluding tert-OH is 1. The van der Waals surface area contributed by atoms with Gasteiger partial charge >= 0.3 is 0 Å². The van der Waals surface area contributed by atoms with Gasteiger partial charge in [-0.15, -0.1) is 11.3 Å². The summed E-state index contributed by atoms with van der Waals surface area (Å²) in [5, 5.41) is 12.0. The third-order valence-electron chi connectivity index (χ3n) is 2.70. The number of hydrogen-bond acceptors (Lipinski definition) is 5. The number of aliphatic hydroxyl groups is 1. The van der Waals surface area contributed by atoms with Crippen molar-refractivity contribution in [3.05, 3.63) is 35.4 Å². The molecule has 0 aliphatic heterocycles. The van der Waals surface area contributed by atoms with Gasteiger partial charge < -0.3 is 9.67 Å². The van der Waals surface area contributed by atoms with E-state index < -0.39 is 0 Å². The maximum absolute atomic E-state index is 9.10. The van der Waals surface area contributed by atoms with Gasteiger partial charge in [0, 0.05) is 30.6 Å². The van der Waals surface area contributed by atoms with E-state index in [0.717, 1.165) is 27.3 Å². The second-order valence-corrected chi connectivity index (χ2v) is 5.68. The summed E-state index contributed by atoms with van der Waals surface area (Å²) < 4.78 is 3.93. The molecule has 3 aromatic rings. The first-order valence-electron chi connectivity index (χ1n) is 5.43. The lowest BCUT2D eigenvalue weighted by Gasteiger charge is -2.02. The van der Waals surface area contributed by atoms with Crippen LogP contribution >= 0.6 is 23.1 Å². The molecule has 0 atom stereocenters. The lowest BCUT2D eigenvalue weighted by atomic mass is 10.5. The van der Waals surface area contributed by atoms with Crippen LogP contribution in [0.5, 0.6) is 0 Å². The van der Waals surface area contributed by atoms with E-state index in [2.05, 4.69) is 9.97 Å². The molecule has 3 rings (SSSR count). The SMILES string of the molecule is Cn1c(CO)cnc1SCc1cn2ccsc2n1. The molecule has 0 aliphatic rings. The Bertz CT molecular complexity index is 641. The van der Waals surface area contributed by atoms with E-state index in [1.807, 2.05) is 33.8 Å². The highest BCUT2D eigenvalue weighted by molar-refractivity contribution is 7.98. The molecular weight excluding hydrogens is 268 g/mol. The standard InChI is InChI=1S/C11H12N4OS2/c1-14-9(6-16)4-12-10(14)18-7-8-5-15-2-3-17-11(15)13-8/h2-5,16H,6-7H2,1H3. The Labute approximate surface area is 112 Å². The summed E-state index contributed by atoms with van der Waals surface area (Å²) in [6.45, 7) is 0.0181. The number of fused-ring (bicyclic) bond motifs is 1. The average molecular weight is 280 g/mol. The number of rotatable bonds is 4. The molecule has 18 heavy (non-hydrogen) atoms. The molecule has 5 nitrogen and oxygen atoms in total. The van der Waals surface area contributed by atoms with E-state index >= 15 is 0 Å². The molecule has 0 bridgehead atoms. The summed E-state index contributed by atoms with van der Waals surface area (Å²) in [6.07, 6.45) is 5.74. The van der Waals surface area contributed by atoms with E-state index in [9.17, 15) is 0 Å². The molecule has 0 aromatic carbocycles. The van der Waals surface area contributed by atoms with Crippen molar-refractivity contribution in [1.29, 1.82) is 0 Å². The van der Waals surface area contributed by atoms with Crippen molar-refractivity contribution in [2.24, 2.45) is 7.05 Å². The molecule has 0 radical (unpaired) electrons. The maximum Gasteiger partial charge on any atom is 0.193 e. The lowest BCUT2D eigenvalue weighted by Crippen LogP contribution is -1.97. The summed E-state index contributed by atoms with van der Waals surface area (Å²) in [7, 11) is 1.91. The molecule has 0 unspecified atom stereocenters. The third-order valence-corrected chi connectivity index (χ3v) is 4.54. The Balaban J connectivity index is 1.73. The zero-order valence-electron chi connectivity index (χ0n) is 9.78. The van der Waals surface area contributed by atoms with Gasteiger partial charge in [-0.3, -0.25) is 4.40 Å². The van der Waals surface area contributed by atoms with Gasteiger partial charge in [0.2, 0.25) is 0 Å². The summed E-state index contributed by atoms with van der Waals surface area (Å²) >= 11 is 3.25. The van der Waals surface area contributed by atoms with Crippen molar-refractivity contribution in [3.63, 3.8) is 0 Å². The summed E-state index contributed by atoms with van der Waals surface area (Å²) in [4.78, 5) is 9.81. The minimum absolute atomic E-state index is 0.0181. The predicted molar refractivity (Wildman–Crippen MR) is 71.8 cm³/mol. The topological polar surface area (TPSA) is 55.3 Å². The van der Waals surface area contributed by atoms with E-state index in [4.69, 9.17) is 5.11 Å². The third kappa shape index (κ3) is 2.05. The van der Waals surface area contributed by atoms with Crippen LogP contribution in [-0.2, 0) is 19.4 Å². The van der Waals surface area contributed by atoms with Gasteiger partial charge in [-0.25, -0.2) is 9.97 Å². The van der Waals surface area contributed by atoms with Crippen LogP contribution in [0.25, 0.3) is 4.96 Å². The summed E-state index contributed by atoms with van der Waals surface area (Å²) in [5.74, 6) is 0.782. The van der Waals surface area contributed by atoms with Gasteiger partial charge in [0.25, 0.3) is 0 Å². The predicted octanol–water partition coefficient (Wildman–Crippen LogP) is 1.91. The largest absolute Gasteiger partial charge is 0.390 e. The fraction of sp³-hybridized carbons (Fsp3) is 0.273. The molecule has 0 saturated heterocycles. The zero-order valence-corrected chi connectivity index (χ0v) is 11.4. The summed E-state index contributed by atoms with van der Waals surface area (Å²) in [5.41, 5.74) is 1.86. The lowest BCUT2D eigenvalue weighted by molar-refractivity contribution is 0.271. The van der Waals surface area contributed by atoms with Gasteiger partial charge in [0.05, 0.1) is 24.2 Å². The second kappa shape index (κ2) is 4.75. The van der Waals surface area contributed by atoms with Crippen molar-refractivity contribution in [1.82, 2.24) is 18.9 Å². The second-order valence-electron chi connectivity index (χ2n) is 3.86. The highest BCUT2D eigenvalue weighted by Gasteiger charge is 2.08. The first-order valence-corrected chi connectivity index (χ1v) is 7.30. The number of aromatic nitrogens is 4. The van der Waals surface area contributed by atoms with Gasteiger partial charge in [0.1, 0.15) is 0 Å². The van der Waals surface area contributed by atoms with Crippen LogP contribution in [0.3, 0.4) is 0 Å². The van der Waals surface area contributed by atoms with Crippen LogP contribution in [0.15, 0.2) is 29.1 Å². The Morgan fingerprint density at radius 3 is 3.11 bits per heavy atom. The van der Waals surface area contributed by atoms with Crippen molar-refractivity contribution in [2.45, 2.75) is 17.5 Å². The van der Waals surface area contributed by atoms with Crippen molar-refractivity contribution >= 4 is 28.1 Å². The molecule has 7 heteroatoms. The fourth-order valence-electron chi connectivity index (χ4n) is 1.69. The van der Waals surface area contributed by atoms with E-state index in [1.165, 1.54) is 0 Å². The smallest absolute Gasteiger partial charge is 0.193 e.